The number of halogens is 1. The van der Waals surface area contributed by atoms with E-state index < -0.39 is 0 Å². The van der Waals surface area contributed by atoms with Crippen molar-refractivity contribution in [3.63, 3.8) is 0 Å². The monoisotopic (exact) mass is 246 g/mol. The van der Waals surface area contributed by atoms with Crippen molar-refractivity contribution in [2.24, 2.45) is 0 Å². The second-order valence-corrected chi connectivity index (χ2v) is 4.73. The number of hydrogen-bond donors (Lipinski definition) is 1. The molecule has 16 heavy (non-hydrogen) atoms. The van der Waals surface area contributed by atoms with E-state index in [1.807, 2.05) is 0 Å². The highest BCUT2D eigenvalue weighted by atomic mass is 35.5. The lowest BCUT2D eigenvalue weighted by molar-refractivity contribution is -0.121. The molecule has 1 saturated carbocycles. The molecule has 94 valence electrons. The number of carbonyl (C=O) groups excluding carboxylic acids is 1. The summed E-state index contributed by atoms with van der Waals surface area (Å²) in [6.07, 6.45) is 5.10. The Morgan fingerprint density at radius 2 is 2.19 bits per heavy atom. The zero-order valence-corrected chi connectivity index (χ0v) is 10.9. The van der Waals surface area contributed by atoms with Gasteiger partial charge in [0.25, 0.3) is 0 Å². The Kier molecular flexibility index (Phi) is 6.81. The predicted octanol–water partition coefficient (Wildman–Crippen LogP) is 2.00. The Morgan fingerprint density at radius 3 is 2.75 bits per heavy atom. The fourth-order valence-corrected chi connectivity index (χ4v) is 2.03. The van der Waals surface area contributed by atoms with Gasteiger partial charge in [-0.1, -0.05) is 6.92 Å². The molecular formula is C12H23ClN2O. The molecule has 0 atom stereocenters. The van der Waals surface area contributed by atoms with Crippen LogP contribution < -0.4 is 5.32 Å². The summed E-state index contributed by atoms with van der Waals surface area (Å²) >= 11 is 5.55. The quantitative estimate of drug-likeness (QED) is 0.499. The molecule has 0 aromatic rings. The SMILES string of the molecule is CCN(CCNC(=O)CCCCCl)C1CC1. The van der Waals surface area contributed by atoms with Crippen LogP contribution in [0.2, 0.25) is 0 Å². The minimum atomic E-state index is 0.164. The molecule has 0 saturated heterocycles. The van der Waals surface area contributed by atoms with E-state index >= 15 is 0 Å². The molecule has 1 aliphatic carbocycles. The van der Waals surface area contributed by atoms with E-state index in [2.05, 4.69) is 17.1 Å². The molecule has 0 spiro atoms. The fraction of sp³-hybridized carbons (Fsp3) is 0.917. The lowest BCUT2D eigenvalue weighted by Gasteiger charge is -2.19. The zero-order chi connectivity index (χ0) is 11.8. The molecule has 1 fully saturated rings. The van der Waals surface area contributed by atoms with Crippen LogP contribution in [0.15, 0.2) is 0 Å². The van der Waals surface area contributed by atoms with Gasteiger partial charge in [-0.25, -0.2) is 0 Å². The fourth-order valence-electron chi connectivity index (χ4n) is 1.85. The van der Waals surface area contributed by atoms with Crippen molar-refractivity contribution < 1.29 is 4.79 Å². The average molecular weight is 247 g/mol. The average Bonchev–Trinajstić information content (AvgIpc) is 3.09. The molecule has 0 aromatic heterocycles. The van der Waals surface area contributed by atoms with Crippen molar-refractivity contribution in [1.82, 2.24) is 10.2 Å². The van der Waals surface area contributed by atoms with E-state index in [1.54, 1.807) is 0 Å². The molecule has 0 bridgehead atoms. The first kappa shape index (κ1) is 13.8. The molecule has 0 unspecified atom stereocenters. The largest absolute Gasteiger partial charge is 0.355 e. The molecule has 4 heteroatoms. The number of unbranched alkanes of at least 4 members (excludes halogenated alkanes) is 1. The second-order valence-electron chi connectivity index (χ2n) is 4.36. The summed E-state index contributed by atoms with van der Waals surface area (Å²) in [5.41, 5.74) is 0. The lowest BCUT2D eigenvalue weighted by atomic mass is 10.2. The van der Waals surface area contributed by atoms with Crippen LogP contribution in [0.25, 0.3) is 0 Å². The number of likely N-dealkylation sites (N-methyl/N-ethyl adjacent to an activating group) is 1. The summed E-state index contributed by atoms with van der Waals surface area (Å²) < 4.78 is 0. The Balaban J connectivity index is 1.98. The molecule has 0 aliphatic heterocycles. The Morgan fingerprint density at radius 1 is 1.44 bits per heavy atom. The summed E-state index contributed by atoms with van der Waals surface area (Å²) in [5.74, 6) is 0.815. The van der Waals surface area contributed by atoms with Crippen molar-refractivity contribution in [2.45, 2.75) is 45.1 Å². The van der Waals surface area contributed by atoms with Gasteiger partial charge in [0.05, 0.1) is 0 Å². The Labute approximate surface area is 104 Å². The van der Waals surface area contributed by atoms with Crippen molar-refractivity contribution in [3.05, 3.63) is 0 Å². The first-order chi connectivity index (χ1) is 7.77. The van der Waals surface area contributed by atoms with Crippen LogP contribution in [0.1, 0.15) is 39.0 Å². The Hall–Kier alpha value is -0.280. The highest BCUT2D eigenvalue weighted by Gasteiger charge is 2.27. The van der Waals surface area contributed by atoms with Crippen LogP contribution >= 0.6 is 11.6 Å². The zero-order valence-electron chi connectivity index (χ0n) is 10.2. The third kappa shape index (κ3) is 5.71. The van der Waals surface area contributed by atoms with Crippen LogP contribution in [-0.4, -0.2) is 42.4 Å². The maximum absolute atomic E-state index is 11.4. The van der Waals surface area contributed by atoms with E-state index in [0.717, 1.165) is 38.5 Å². The van der Waals surface area contributed by atoms with Crippen molar-refractivity contribution in [2.75, 3.05) is 25.5 Å². The smallest absolute Gasteiger partial charge is 0.220 e. The van der Waals surface area contributed by atoms with Crippen molar-refractivity contribution in [3.8, 4) is 0 Å². The number of nitrogens with zero attached hydrogens (tertiary/aromatic N) is 1. The van der Waals surface area contributed by atoms with E-state index in [-0.39, 0.29) is 5.91 Å². The minimum absolute atomic E-state index is 0.164. The molecule has 1 rings (SSSR count). The number of rotatable bonds is 9. The van der Waals surface area contributed by atoms with E-state index in [4.69, 9.17) is 11.6 Å². The first-order valence-corrected chi connectivity index (χ1v) is 6.88. The van der Waals surface area contributed by atoms with Crippen molar-refractivity contribution >= 4 is 17.5 Å². The third-order valence-corrected chi connectivity index (χ3v) is 3.25. The maximum Gasteiger partial charge on any atom is 0.220 e. The Bertz CT molecular complexity index is 207. The molecule has 1 amide bonds. The number of hydrogen-bond acceptors (Lipinski definition) is 2. The van der Waals surface area contributed by atoms with Crippen LogP contribution in [0, 0.1) is 0 Å². The molecule has 0 radical (unpaired) electrons. The lowest BCUT2D eigenvalue weighted by Crippen LogP contribution is -2.36. The van der Waals surface area contributed by atoms with Gasteiger partial charge >= 0.3 is 0 Å². The van der Waals surface area contributed by atoms with Gasteiger partial charge < -0.3 is 5.32 Å². The van der Waals surface area contributed by atoms with Gasteiger partial charge in [-0.15, -0.1) is 11.6 Å². The minimum Gasteiger partial charge on any atom is -0.355 e. The van der Waals surface area contributed by atoms with Crippen molar-refractivity contribution in [1.29, 1.82) is 0 Å². The van der Waals surface area contributed by atoms with E-state index in [1.165, 1.54) is 12.8 Å². The molecule has 0 heterocycles. The topological polar surface area (TPSA) is 32.3 Å². The van der Waals surface area contributed by atoms with Gasteiger partial charge in [-0.2, -0.15) is 0 Å². The summed E-state index contributed by atoms with van der Waals surface area (Å²) in [6, 6.07) is 0.790. The summed E-state index contributed by atoms with van der Waals surface area (Å²) in [7, 11) is 0. The normalized spacial score (nSPS) is 15.4. The summed E-state index contributed by atoms with van der Waals surface area (Å²) in [5, 5.41) is 2.97. The van der Waals surface area contributed by atoms with Gasteiger partial charge in [0, 0.05) is 31.4 Å². The van der Waals surface area contributed by atoms with Gasteiger partial charge in [0.1, 0.15) is 0 Å². The number of nitrogens with one attached hydrogen (secondary N) is 1. The van der Waals surface area contributed by atoms with Crippen LogP contribution in [0.3, 0.4) is 0 Å². The number of carbonyl (C=O) groups is 1. The highest BCUT2D eigenvalue weighted by Crippen LogP contribution is 2.25. The summed E-state index contributed by atoms with van der Waals surface area (Å²) in [4.78, 5) is 13.8. The first-order valence-electron chi connectivity index (χ1n) is 6.34. The van der Waals surface area contributed by atoms with Crippen LogP contribution in [0.4, 0.5) is 0 Å². The maximum atomic E-state index is 11.4. The van der Waals surface area contributed by atoms with Gasteiger partial charge in [-0.3, -0.25) is 9.69 Å². The third-order valence-electron chi connectivity index (χ3n) is 2.98. The van der Waals surface area contributed by atoms with Gasteiger partial charge in [-0.05, 0) is 32.2 Å². The van der Waals surface area contributed by atoms with Crippen LogP contribution in [0.5, 0.6) is 0 Å². The van der Waals surface area contributed by atoms with Crippen LogP contribution in [-0.2, 0) is 4.79 Å². The van der Waals surface area contributed by atoms with E-state index in [0.29, 0.717) is 12.3 Å². The predicted molar refractivity (Wildman–Crippen MR) is 67.8 cm³/mol. The molecule has 0 aromatic carbocycles. The number of amides is 1. The standard InChI is InChI=1S/C12H23ClN2O/c1-2-15(11-6-7-11)10-9-14-12(16)5-3-4-8-13/h11H,2-10H2,1H3,(H,14,16). The summed E-state index contributed by atoms with van der Waals surface area (Å²) in [6.45, 7) is 5.04. The van der Waals surface area contributed by atoms with E-state index in [9.17, 15) is 4.79 Å². The molecule has 3 nitrogen and oxygen atoms in total. The molecule has 1 N–H and O–H groups in total. The molecular weight excluding hydrogens is 224 g/mol. The van der Waals surface area contributed by atoms with Gasteiger partial charge in [0.2, 0.25) is 5.91 Å². The van der Waals surface area contributed by atoms with Gasteiger partial charge in [0.15, 0.2) is 0 Å². The highest BCUT2D eigenvalue weighted by molar-refractivity contribution is 6.17. The number of alkyl halides is 1. The second kappa shape index (κ2) is 7.91. The molecule has 1 aliphatic rings.